The third kappa shape index (κ3) is 2.88. The molecule has 0 saturated heterocycles. The second-order valence-corrected chi connectivity index (χ2v) is 4.57. The Morgan fingerprint density at radius 2 is 2.22 bits per heavy atom. The number of amidine groups is 1. The Bertz CT molecular complexity index is 467. The first-order chi connectivity index (χ1) is 8.68. The third-order valence-corrected chi connectivity index (χ3v) is 2.79. The number of hydrogen-bond acceptors (Lipinski definition) is 4. The lowest BCUT2D eigenvalue weighted by Crippen LogP contribution is -2.28. The van der Waals surface area contributed by atoms with E-state index in [4.69, 9.17) is 4.74 Å². The van der Waals surface area contributed by atoms with Crippen molar-refractivity contribution in [1.29, 1.82) is 0 Å². The van der Waals surface area contributed by atoms with Gasteiger partial charge in [0.2, 0.25) is 0 Å². The Labute approximate surface area is 107 Å². The molecule has 0 fully saturated rings. The number of fused-ring (bicyclic) bond motifs is 1. The summed E-state index contributed by atoms with van der Waals surface area (Å²) in [6.45, 7) is 5.34. The van der Waals surface area contributed by atoms with Crippen molar-refractivity contribution < 1.29 is 9.53 Å². The van der Waals surface area contributed by atoms with Gasteiger partial charge in [0.05, 0.1) is 19.0 Å². The molecule has 96 valence electrons. The van der Waals surface area contributed by atoms with Crippen molar-refractivity contribution in [1.82, 2.24) is 5.32 Å². The molecule has 0 atom stereocenters. The van der Waals surface area contributed by atoms with Crippen LogP contribution in [0.1, 0.15) is 25.0 Å². The van der Waals surface area contributed by atoms with E-state index in [0.29, 0.717) is 13.2 Å². The van der Waals surface area contributed by atoms with Gasteiger partial charge in [0.25, 0.3) is 0 Å². The van der Waals surface area contributed by atoms with E-state index < -0.39 is 0 Å². The standard InChI is InChI=1S/C14H18N2O2/c1-10(2)14(17)18-8-7-15-13-12-6-4-3-5-11(12)9-16-13/h3-6,10H,7-9H2,1-2H3,(H,15,16). The van der Waals surface area contributed by atoms with Crippen LogP contribution in [0.4, 0.5) is 0 Å². The van der Waals surface area contributed by atoms with E-state index >= 15 is 0 Å². The van der Waals surface area contributed by atoms with Crippen LogP contribution in [0.2, 0.25) is 0 Å². The summed E-state index contributed by atoms with van der Waals surface area (Å²) in [5.74, 6) is 0.659. The number of carbonyl (C=O) groups excluding carboxylic acids is 1. The zero-order valence-corrected chi connectivity index (χ0v) is 10.8. The molecule has 1 aliphatic heterocycles. The highest BCUT2D eigenvalue weighted by Crippen LogP contribution is 2.16. The molecule has 0 unspecified atom stereocenters. The molecule has 0 radical (unpaired) electrons. The zero-order chi connectivity index (χ0) is 13.0. The topological polar surface area (TPSA) is 50.7 Å². The van der Waals surface area contributed by atoms with Crippen molar-refractivity contribution in [3.8, 4) is 0 Å². The highest BCUT2D eigenvalue weighted by atomic mass is 16.5. The molecule has 0 aliphatic carbocycles. The Balaban J connectivity index is 1.78. The molecular formula is C14H18N2O2. The smallest absolute Gasteiger partial charge is 0.308 e. The van der Waals surface area contributed by atoms with E-state index in [1.54, 1.807) is 0 Å². The maximum absolute atomic E-state index is 11.3. The summed E-state index contributed by atoms with van der Waals surface area (Å²) in [5.41, 5.74) is 2.38. The lowest BCUT2D eigenvalue weighted by molar-refractivity contribution is -0.147. The number of hydrogen-bond donors (Lipinski definition) is 1. The molecule has 1 aliphatic rings. The summed E-state index contributed by atoms with van der Waals surface area (Å²) < 4.78 is 5.09. The molecule has 0 aromatic heterocycles. The van der Waals surface area contributed by atoms with Gasteiger partial charge in [-0.1, -0.05) is 38.1 Å². The number of ether oxygens (including phenoxy) is 1. The zero-order valence-electron chi connectivity index (χ0n) is 10.8. The van der Waals surface area contributed by atoms with E-state index in [1.807, 2.05) is 32.0 Å². The average Bonchev–Trinajstić information content (AvgIpc) is 2.77. The molecule has 4 nitrogen and oxygen atoms in total. The van der Waals surface area contributed by atoms with Crippen LogP contribution in [0.3, 0.4) is 0 Å². The van der Waals surface area contributed by atoms with E-state index in [0.717, 1.165) is 17.9 Å². The molecule has 1 aromatic carbocycles. The summed E-state index contributed by atoms with van der Waals surface area (Å²) in [6, 6.07) is 8.14. The molecular weight excluding hydrogens is 228 g/mol. The Hall–Kier alpha value is -1.84. The Kier molecular flexibility index (Phi) is 3.97. The maximum atomic E-state index is 11.3. The van der Waals surface area contributed by atoms with Crippen LogP contribution in [0, 0.1) is 5.92 Å². The van der Waals surface area contributed by atoms with Crippen molar-refractivity contribution in [2.24, 2.45) is 10.9 Å². The third-order valence-electron chi connectivity index (χ3n) is 2.79. The normalized spacial score (nSPS) is 13.2. The van der Waals surface area contributed by atoms with E-state index in [-0.39, 0.29) is 11.9 Å². The van der Waals surface area contributed by atoms with Crippen LogP contribution in [0.25, 0.3) is 0 Å². The Morgan fingerprint density at radius 1 is 1.44 bits per heavy atom. The maximum Gasteiger partial charge on any atom is 0.308 e. The van der Waals surface area contributed by atoms with Gasteiger partial charge in [0, 0.05) is 5.56 Å². The number of nitrogens with one attached hydrogen (secondary N) is 1. The SMILES string of the molecule is CC(C)C(=O)OCCNC1=NCc2ccccc21. The quantitative estimate of drug-likeness (QED) is 0.650. The minimum absolute atomic E-state index is 0.0745. The van der Waals surface area contributed by atoms with Crippen LogP contribution in [-0.4, -0.2) is 25.0 Å². The van der Waals surface area contributed by atoms with Crippen LogP contribution in [0.5, 0.6) is 0 Å². The van der Waals surface area contributed by atoms with Crippen LogP contribution < -0.4 is 5.32 Å². The molecule has 0 saturated carbocycles. The van der Waals surface area contributed by atoms with Gasteiger partial charge in [0.15, 0.2) is 0 Å². The van der Waals surface area contributed by atoms with Gasteiger partial charge in [0.1, 0.15) is 12.4 Å². The minimum atomic E-state index is -0.162. The molecule has 1 aromatic rings. The van der Waals surface area contributed by atoms with Crippen LogP contribution in [-0.2, 0) is 16.1 Å². The van der Waals surface area contributed by atoms with E-state index in [9.17, 15) is 4.79 Å². The van der Waals surface area contributed by atoms with Crippen molar-refractivity contribution in [2.75, 3.05) is 13.2 Å². The highest BCUT2D eigenvalue weighted by Gasteiger charge is 2.14. The molecule has 1 heterocycles. The number of nitrogens with zero attached hydrogens (tertiary/aromatic N) is 1. The molecule has 18 heavy (non-hydrogen) atoms. The van der Waals surface area contributed by atoms with Gasteiger partial charge < -0.3 is 10.1 Å². The van der Waals surface area contributed by atoms with Gasteiger partial charge >= 0.3 is 5.97 Å². The molecule has 4 heteroatoms. The van der Waals surface area contributed by atoms with Crippen molar-refractivity contribution in [3.63, 3.8) is 0 Å². The van der Waals surface area contributed by atoms with E-state index in [1.165, 1.54) is 5.56 Å². The van der Waals surface area contributed by atoms with E-state index in [2.05, 4.69) is 16.4 Å². The fourth-order valence-corrected chi connectivity index (χ4v) is 1.78. The van der Waals surface area contributed by atoms with Crippen molar-refractivity contribution in [2.45, 2.75) is 20.4 Å². The summed E-state index contributed by atoms with van der Waals surface area (Å²) >= 11 is 0. The summed E-state index contributed by atoms with van der Waals surface area (Å²) in [4.78, 5) is 15.7. The molecule has 0 spiro atoms. The number of benzene rings is 1. The van der Waals surface area contributed by atoms with Gasteiger partial charge in [-0.2, -0.15) is 0 Å². The number of carbonyl (C=O) groups is 1. The first kappa shape index (κ1) is 12.6. The lowest BCUT2D eigenvalue weighted by Gasteiger charge is -2.09. The van der Waals surface area contributed by atoms with Crippen molar-refractivity contribution in [3.05, 3.63) is 35.4 Å². The lowest BCUT2D eigenvalue weighted by atomic mass is 10.1. The van der Waals surface area contributed by atoms with Crippen LogP contribution in [0.15, 0.2) is 29.3 Å². The second kappa shape index (κ2) is 5.67. The number of aliphatic imine (C=N–C) groups is 1. The predicted octanol–water partition coefficient (Wildman–Crippen LogP) is 1.74. The summed E-state index contributed by atoms with van der Waals surface area (Å²) in [6.07, 6.45) is 0. The summed E-state index contributed by atoms with van der Waals surface area (Å²) in [7, 11) is 0. The Morgan fingerprint density at radius 3 is 3.00 bits per heavy atom. The molecule has 1 N–H and O–H groups in total. The minimum Gasteiger partial charge on any atom is -0.464 e. The van der Waals surface area contributed by atoms with Crippen molar-refractivity contribution >= 4 is 11.8 Å². The fraction of sp³-hybridized carbons (Fsp3) is 0.429. The summed E-state index contributed by atoms with van der Waals surface area (Å²) in [5, 5.41) is 3.20. The molecule has 2 rings (SSSR count). The monoisotopic (exact) mass is 246 g/mol. The average molecular weight is 246 g/mol. The number of esters is 1. The highest BCUT2D eigenvalue weighted by molar-refractivity contribution is 6.01. The molecule has 0 amide bonds. The first-order valence-electron chi connectivity index (χ1n) is 6.21. The largest absolute Gasteiger partial charge is 0.464 e. The fourth-order valence-electron chi connectivity index (χ4n) is 1.78. The number of rotatable bonds is 4. The van der Waals surface area contributed by atoms with Gasteiger partial charge in [-0.05, 0) is 5.56 Å². The van der Waals surface area contributed by atoms with Gasteiger partial charge in [-0.25, -0.2) is 0 Å². The predicted molar refractivity (Wildman–Crippen MR) is 70.5 cm³/mol. The van der Waals surface area contributed by atoms with Crippen LogP contribution >= 0.6 is 0 Å². The second-order valence-electron chi connectivity index (χ2n) is 4.57. The first-order valence-corrected chi connectivity index (χ1v) is 6.21. The molecule has 0 bridgehead atoms. The van der Waals surface area contributed by atoms with Gasteiger partial charge in [-0.3, -0.25) is 9.79 Å². The van der Waals surface area contributed by atoms with Gasteiger partial charge in [-0.15, -0.1) is 0 Å².